The summed E-state index contributed by atoms with van der Waals surface area (Å²) in [6, 6.07) is 0. The van der Waals surface area contributed by atoms with Gasteiger partial charge in [-0.3, -0.25) is 5.32 Å². The second kappa shape index (κ2) is 2.70. The molecule has 2 rings (SSSR count). The van der Waals surface area contributed by atoms with Gasteiger partial charge in [0.15, 0.2) is 6.23 Å². The first-order valence-electron chi connectivity index (χ1n) is 3.95. The predicted molar refractivity (Wildman–Crippen MR) is 37.0 cm³/mol. The van der Waals surface area contributed by atoms with E-state index in [1.807, 2.05) is 0 Å². The topological polar surface area (TPSA) is 47.6 Å². The van der Waals surface area contributed by atoms with Gasteiger partial charge in [0, 0.05) is 6.61 Å². The second-order valence-corrected chi connectivity index (χ2v) is 2.88. The van der Waals surface area contributed by atoms with E-state index in [0.717, 1.165) is 25.9 Å². The summed E-state index contributed by atoms with van der Waals surface area (Å²) in [5.74, 6) is 0. The number of nitrogens with one attached hydrogen (secondary N) is 1. The van der Waals surface area contributed by atoms with Crippen LogP contribution in [0.1, 0.15) is 19.3 Å². The fourth-order valence-corrected chi connectivity index (χ4v) is 1.46. The maximum atomic E-state index is 10.7. The van der Waals surface area contributed by atoms with E-state index in [9.17, 15) is 4.79 Å². The zero-order valence-corrected chi connectivity index (χ0v) is 6.21. The van der Waals surface area contributed by atoms with E-state index in [-0.39, 0.29) is 18.4 Å². The largest absolute Gasteiger partial charge is 0.441 e. The number of hydrogen-bond donors (Lipinski definition) is 1. The molecule has 2 atom stereocenters. The van der Waals surface area contributed by atoms with Crippen LogP contribution in [0.2, 0.25) is 0 Å². The van der Waals surface area contributed by atoms with Crippen LogP contribution in [0.15, 0.2) is 0 Å². The van der Waals surface area contributed by atoms with Gasteiger partial charge >= 0.3 is 6.09 Å². The van der Waals surface area contributed by atoms with Crippen LogP contribution >= 0.6 is 0 Å². The van der Waals surface area contributed by atoms with E-state index in [1.54, 1.807) is 0 Å². The number of rotatable bonds is 0. The van der Waals surface area contributed by atoms with Crippen LogP contribution in [-0.4, -0.2) is 25.0 Å². The summed E-state index contributed by atoms with van der Waals surface area (Å²) in [7, 11) is 0. The zero-order chi connectivity index (χ0) is 7.68. The van der Waals surface area contributed by atoms with E-state index in [1.165, 1.54) is 0 Å². The molecule has 0 bridgehead atoms. The van der Waals surface area contributed by atoms with Gasteiger partial charge in [0.1, 0.15) is 6.10 Å². The van der Waals surface area contributed by atoms with Gasteiger partial charge in [-0.15, -0.1) is 0 Å². The number of alkyl carbamates (subject to hydrolysis) is 1. The average molecular weight is 157 g/mol. The number of carbonyl (C=O) groups is 1. The molecule has 2 fully saturated rings. The highest BCUT2D eigenvalue weighted by Gasteiger charge is 2.35. The lowest BCUT2D eigenvalue weighted by atomic mass is 10.2. The summed E-state index contributed by atoms with van der Waals surface area (Å²) in [6.07, 6.45) is 2.48. The third-order valence-electron chi connectivity index (χ3n) is 2.04. The summed E-state index contributed by atoms with van der Waals surface area (Å²) >= 11 is 0. The van der Waals surface area contributed by atoms with Gasteiger partial charge in [-0.1, -0.05) is 0 Å². The molecular weight excluding hydrogens is 146 g/mol. The molecule has 1 amide bonds. The Labute approximate surface area is 64.9 Å². The van der Waals surface area contributed by atoms with Gasteiger partial charge < -0.3 is 9.47 Å². The van der Waals surface area contributed by atoms with Crippen LogP contribution in [0, 0.1) is 0 Å². The third kappa shape index (κ3) is 1.30. The number of ether oxygens (including phenoxy) is 2. The van der Waals surface area contributed by atoms with Gasteiger partial charge in [-0.2, -0.15) is 0 Å². The number of carbonyl (C=O) groups excluding carboxylic acids is 1. The Kier molecular flexibility index (Phi) is 1.69. The first kappa shape index (κ1) is 6.91. The molecule has 2 heterocycles. The molecular formula is C7H11NO3. The Hall–Kier alpha value is -0.770. The van der Waals surface area contributed by atoms with E-state index in [2.05, 4.69) is 5.32 Å². The first-order valence-corrected chi connectivity index (χ1v) is 3.95. The Bertz CT molecular complexity index is 155. The maximum absolute atomic E-state index is 10.7. The predicted octanol–water partition coefficient (Wildman–Crippen LogP) is 0.621. The molecule has 11 heavy (non-hydrogen) atoms. The minimum absolute atomic E-state index is 0.0509. The minimum Gasteiger partial charge on any atom is -0.441 e. The van der Waals surface area contributed by atoms with Crippen LogP contribution in [0.4, 0.5) is 4.79 Å². The summed E-state index contributed by atoms with van der Waals surface area (Å²) < 4.78 is 10.3. The number of fused-ring (bicyclic) bond motifs is 1. The lowest BCUT2D eigenvalue weighted by Gasteiger charge is -2.11. The molecule has 2 unspecified atom stereocenters. The Morgan fingerprint density at radius 2 is 2.36 bits per heavy atom. The van der Waals surface area contributed by atoms with E-state index >= 15 is 0 Å². The zero-order valence-electron chi connectivity index (χ0n) is 6.21. The minimum atomic E-state index is -0.345. The van der Waals surface area contributed by atoms with Crippen molar-refractivity contribution in [1.82, 2.24) is 5.32 Å². The van der Waals surface area contributed by atoms with Crippen molar-refractivity contribution in [1.29, 1.82) is 0 Å². The fraction of sp³-hybridized carbons (Fsp3) is 0.857. The van der Waals surface area contributed by atoms with Crippen molar-refractivity contribution < 1.29 is 14.3 Å². The van der Waals surface area contributed by atoms with Gasteiger partial charge in [-0.05, 0) is 19.3 Å². The van der Waals surface area contributed by atoms with Gasteiger partial charge in [-0.25, -0.2) is 4.79 Å². The summed E-state index contributed by atoms with van der Waals surface area (Å²) in [6.45, 7) is 0.727. The quantitative estimate of drug-likeness (QED) is 0.560. The standard InChI is InChI=1S/C7H11NO3/c9-7-8-6-5(11-7)3-1-2-4-10-6/h5-6H,1-4H2,(H,8,9). The second-order valence-electron chi connectivity index (χ2n) is 2.88. The highest BCUT2D eigenvalue weighted by Crippen LogP contribution is 2.19. The molecule has 0 aromatic carbocycles. The van der Waals surface area contributed by atoms with Crippen molar-refractivity contribution in [3.63, 3.8) is 0 Å². The van der Waals surface area contributed by atoms with Crippen LogP contribution in [0.25, 0.3) is 0 Å². The molecule has 0 saturated carbocycles. The van der Waals surface area contributed by atoms with Crippen molar-refractivity contribution in [2.45, 2.75) is 31.6 Å². The Morgan fingerprint density at radius 1 is 1.45 bits per heavy atom. The van der Waals surface area contributed by atoms with Crippen LogP contribution in [-0.2, 0) is 9.47 Å². The summed E-state index contributed by atoms with van der Waals surface area (Å²) in [5, 5.41) is 2.61. The van der Waals surface area contributed by atoms with Crippen molar-refractivity contribution in [3.05, 3.63) is 0 Å². The molecule has 0 radical (unpaired) electrons. The van der Waals surface area contributed by atoms with Crippen molar-refractivity contribution in [3.8, 4) is 0 Å². The fourth-order valence-electron chi connectivity index (χ4n) is 1.46. The number of amides is 1. The Balaban J connectivity index is 2.01. The van der Waals surface area contributed by atoms with Crippen LogP contribution in [0.5, 0.6) is 0 Å². The van der Waals surface area contributed by atoms with Crippen molar-refractivity contribution in [2.75, 3.05) is 6.61 Å². The normalized spacial score (nSPS) is 36.9. The SMILES string of the molecule is O=C1NC2OCCCCC2O1. The van der Waals surface area contributed by atoms with Crippen LogP contribution < -0.4 is 5.32 Å². The monoisotopic (exact) mass is 157 g/mol. The summed E-state index contributed by atoms with van der Waals surface area (Å²) in [5.41, 5.74) is 0. The molecule has 0 spiro atoms. The maximum Gasteiger partial charge on any atom is 0.409 e. The molecule has 2 saturated heterocycles. The van der Waals surface area contributed by atoms with E-state index in [4.69, 9.17) is 9.47 Å². The molecule has 4 nitrogen and oxygen atoms in total. The van der Waals surface area contributed by atoms with E-state index in [0.29, 0.717) is 0 Å². The van der Waals surface area contributed by atoms with Crippen LogP contribution in [0.3, 0.4) is 0 Å². The molecule has 1 N–H and O–H groups in total. The first-order chi connectivity index (χ1) is 5.36. The molecule has 0 aliphatic carbocycles. The van der Waals surface area contributed by atoms with E-state index < -0.39 is 0 Å². The molecule has 2 aliphatic heterocycles. The average Bonchev–Trinajstić information content (AvgIpc) is 2.17. The lowest BCUT2D eigenvalue weighted by Crippen LogP contribution is -2.33. The lowest BCUT2D eigenvalue weighted by molar-refractivity contribution is 0.00498. The Morgan fingerprint density at radius 3 is 3.27 bits per heavy atom. The summed E-state index contributed by atoms with van der Waals surface area (Å²) in [4.78, 5) is 10.7. The van der Waals surface area contributed by atoms with Gasteiger partial charge in [0.05, 0.1) is 0 Å². The molecule has 4 heteroatoms. The molecule has 0 aromatic rings. The van der Waals surface area contributed by atoms with Gasteiger partial charge in [0.25, 0.3) is 0 Å². The molecule has 2 aliphatic rings. The highest BCUT2D eigenvalue weighted by atomic mass is 16.6. The third-order valence-corrected chi connectivity index (χ3v) is 2.04. The smallest absolute Gasteiger partial charge is 0.409 e. The molecule has 0 aromatic heterocycles. The van der Waals surface area contributed by atoms with Crippen molar-refractivity contribution >= 4 is 6.09 Å². The molecule has 62 valence electrons. The van der Waals surface area contributed by atoms with Gasteiger partial charge in [0.2, 0.25) is 0 Å². The highest BCUT2D eigenvalue weighted by molar-refractivity contribution is 5.69. The number of hydrogen-bond acceptors (Lipinski definition) is 3. The van der Waals surface area contributed by atoms with Crippen molar-refractivity contribution in [2.24, 2.45) is 0 Å².